The van der Waals surface area contributed by atoms with Gasteiger partial charge in [0.05, 0.1) is 17.7 Å². The number of hydrogen-bond donors (Lipinski definition) is 1. The molecule has 2 heterocycles. The van der Waals surface area contributed by atoms with Crippen LogP contribution in [0.25, 0.3) is 0 Å². The van der Waals surface area contributed by atoms with Crippen LogP contribution in [-0.4, -0.2) is 32.8 Å². The highest BCUT2D eigenvalue weighted by Gasteiger charge is 2.36. The van der Waals surface area contributed by atoms with Crippen molar-refractivity contribution in [3.05, 3.63) is 75.8 Å². The third-order valence-electron chi connectivity index (χ3n) is 4.57. The number of benzene rings is 2. The first kappa shape index (κ1) is 18.9. The van der Waals surface area contributed by atoms with E-state index in [0.717, 1.165) is 23.4 Å². The predicted molar refractivity (Wildman–Crippen MR) is 109 cm³/mol. The Morgan fingerprint density at radius 3 is 2.55 bits per heavy atom. The molecule has 4 rings (SSSR count). The van der Waals surface area contributed by atoms with Gasteiger partial charge in [-0.25, -0.2) is 0 Å². The SMILES string of the molecule is CCCc1nnc(NC(=O)c2ccc3c(c2)C(=O)N(Cc2ccccc2)C3=O)s1. The van der Waals surface area contributed by atoms with Crippen molar-refractivity contribution < 1.29 is 14.4 Å². The summed E-state index contributed by atoms with van der Waals surface area (Å²) in [6.07, 6.45) is 1.75. The van der Waals surface area contributed by atoms with Gasteiger partial charge in [-0.15, -0.1) is 10.2 Å². The summed E-state index contributed by atoms with van der Waals surface area (Å²) >= 11 is 1.33. The monoisotopic (exact) mass is 406 g/mol. The van der Waals surface area contributed by atoms with Crippen LogP contribution in [-0.2, 0) is 13.0 Å². The zero-order valence-electron chi connectivity index (χ0n) is 15.7. The fourth-order valence-electron chi connectivity index (χ4n) is 3.13. The summed E-state index contributed by atoms with van der Waals surface area (Å²) in [5.41, 5.74) is 1.70. The number of anilines is 1. The number of nitrogens with zero attached hydrogens (tertiary/aromatic N) is 3. The fourth-order valence-corrected chi connectivity index (χ4v) is 3.97. The molecule has 0 aliphatic carbocycles. The van der Waals surface area contributed by atoms with Crippen LogP contribution >= 0.6 is 11.3 Å². The van der Waals surface area contributed by atoms with Crippen LogP contribution in [0, 0.1) is 0 Å². The van der Waals surface area contributed by atoms with E-state index in [1.54, 1.807) is 6.07 Å². The first-order chi connectivity index (χ1) is 14.1. The Kier molecular flexibility index (Phi) is 5.18. The van der Waals surface area contributed by atoms with E-state index in [2.05, 4.69) is 15.5 Å². The highest BCUT2D eigenvalue weighted by Crippen LogP contribution is 2.26. The van der Waals surface area contributed by atoms with Crippen LogP contribution in [0.15, 0.2) is 48.5 Å². The number of carbonyl (C=O) groups excluding carboxylic acids is 3. The van der Waals surface area contributed by atoms with Gasteiger partial charge in [0.25, 0.3) is 17.7 Å². The molecule has 0 spiro atoms. The lowest BCUT2D eigenvalue weighted by atomic mass is 10.1. The van der Waals surface area contributed by atoms with Crippen molar-refractivity contribution in [1.82, 2.24) is 15.1 Å². The van der Waals surface area contributed by atoms with Crippen molar-refractivity contribution >= 4 is 34.2 Å². The maximum absolute atomic E-state index is 12.8. The standard InChI is InChI=1S/C21H18N4O3S/c1-2-6-17-23-24-21(29-17)22-18(26)14-9-10-15-16(11-14)20(28)25(19(15)27)12-13-7-4-3-5-8-13/h3-5,7-11H,2,6,12H2,1H3,(H,22,24,26). The minimum atomic E-state index is -0.398. The predicted octanol–water partition coefficient (Wildman–Crippen LogP) is 3.54. The summed E-state index contributed by atoms with van der Waals surface area (Å²) in [7, 11) is 0. The zero-order valence-corrected chi connectivity index (χ0v) is 16.5. The summed E-state index contributed by atoms with van der Waals surface area (Å²) < 4.78 is 0. The third-order valence-corrected chi connectivity index (χ3v) is 5.47. The molecule has 7 nitrogen and oxygen atoms in total. The third kappa shape index (κ3) is 3.79. The van der Waals surface area contributed by atoms with Crippen LogP contribution in [0.4, 0.5) is 5.13 Å². The van der Waals surface area contributed by atoms with E-state index >= 15 is 0 Å². The van der Waals surface area contributed by atoms with Crippen LogP contribution in [0.5, 0.6) is 0 Å². The van der Waals surface area contributed by atoms with E-state index in [1.807, 2.05) is 37.3 Å². The van der Waals surface area contributed by atoms with Gasteiger partial charge in [0.1, 0.15) is 5.01 Å². The van der Waals surface area contributed by atoms with Gasteiger partial charge in [-0.05, 0) is 30.2 Å². The van der Waals surface area contributed by atoms with Gasteiger partial charge >= 0.3 is 0 Å². The Balaban J connectivity index is 1.52. The smallest absolute Gasteiger partial charge is 0.261 e. The summed E-state index contributed by atoms with van der Waals surface area (Å²) in [4.78, 5) is 39.2. The fraction of sp³-hybridized carbons (Fsp3) is 0.190. The number of rotatable bonds is 6. The van der Waals surface area contributed by atoms with E-state index in [4.69, 9.17) is 0 Å². The molecule has 1 aromatic heterocycles. The Hall–Kier alpha value is -3.39. The molecule has 0 radical (unpaired) electrons. The van der Waals surface area contributed by atoms with Gasteiger partial charge in [0, 0.05) is 12.0 Å². The second kappa shape index (κ2) is 7.92. The molecule has 0 saturated heterocycles. The Bertz CT molecular complexity index is 1090. The summed E-state index contributed by atoms with van der Waals surface area (Å²) in [5, 5.41) is 12.0. The molecule has 1 aliphatic heterocycles. The molecule has 0 saturated carbocycles. The lowest BCUT2D eigenvalue weighted by molar-refractivity contribution is 0.0642. The number of imide groups is 1. The molecule has 1 N–H and O–H groups in total. The van der Waals surface area contributed by atoms with Crippen molar-refractivity contribution in [3.63, 3.8) is 0 Å². The minimum Gasteiger partial charge on any atom is -0.296 e. The Labute approximate surface area is 171 Å². The van der Waals surface area contributed by atoms with Gasteiger partial charge < -0.3 is 0 Å². The van der Waals surface area contributed by atoms with Gasteiger partial charge in [0.15, 0.2) is 0 Å². The van der Waals surface area contributed by atoms with Crippen molar-refractivity contribution in [3.8, 4) is 0 Å². The maximum Gasteiger partial charge on any atom is 0.261 e. The van der Waals surface area contributed by atoms with Crippen molar-refractivity contribution in [2.24, 2.45) is 0 Å². The molecule has 2 aromatic carbocycles. The number of fused-ring (bicyclic) bond motifs is 1. The number of aromatic nitrogens is 2. The molecule has 3 aromatic rings. The summed E-state index contributed by atoms with van der Waals surface area (Å²) in [6, 6.07) is 13.8. The maximum atomic E-state index is 12.8. The number of amides is 3. The van der Waals surface area contributed by atoms with Gasteiger partial charge in [-0.2, -0.15) is 0 Å². The molecular formula is C21H18N4O3S. The highest BCUT2D eigenvalue weighted by molar-refractivity contribution is 7.15. The molecule has 0 fully saturated rings. The van der Waals surface area contributed by atoms with E-state index in [9.17, 15) is 14.4 Å². The summed E-state index contributed by atoms with van der Waals surface area (Å²) in [5.74, 6) is -1.15. The first-order valence-corrected chi connectivity index (χ1v) is 10.1. The van der Waals surface area contributed by atoms with Crippen LogP contribution in [0.3, 0.4) is 0 Å². The molecular weight excluding hydrogens is 388 g/mol. The highest BCUT2D eigenvalue weighted by atomic mass is 32.1. The van der Waals surface area contributed by atoms with E-state index in [1.165, 1.54) is 28.4 Å². The lowest BCUT2D eigenvalue weighted by Gasteiger charge is -2.13. The second-order valence-electron chi connectivity index (χ2n) is 6.65. The summed E-state index contributed by atoms with van der Waals surface area (Å²) in [6.45, 7) is 2.24. The van der Waals surface area contributed by atoms with Crippen LogP contribution in [0.2, 0.25) is 0 Å². The molecule has 29 heavy (non-hydrogen) atoms. The van der Waals surface area contributed by atoms with Crippen molar-refractivity contribution in [2.75, 3.05) is 5.32 Å². The number of nitrogens with one attached hydrogen (secondary N) is 1. The molecule has 0 bridgehead atoms. The van der Waals surface area contributed by atoms with E-state index in [0.29, 0.717) is 16.3 Å². The number of hydrogen-bond acceptors (Lipinski definition) is 6. The average Bonchev–Trinajstić information content (AvgIpc) is 3.27. The Morgan fingerprint density at radius 1 is 1.03 bits per heavy atom. The van der Waals surface area contributed by atoms with Crippen LogP contribution in [0.1, 0.15) is 55.0 Å². The van der Waals surface area contributed by atoms with Gasteiger partial charge in [-0.3, -0.25) is 24.6 Å². The van der Waals surface area contributed by atoms with Crippen molar-refractivity contribution in [2.45, 2.75) is 26.3 Å². The Morgan fingerprint density at radius 2 is 1.79 bits per heavy atom. The van der Waals surface area contributed by atoms with Crippen LogP contribution < -0.4 is 5.32 Å². The average molecular weight is 406 g/mol. The molecule has 1 aliphatic rings. The molecule has 3 amide bonds. The number of aryl methyl sites for hydroxylation is 1. The van der Waals surface area contributed by atoms with Crippen molar-refractivity contribution in [1.29, 1.82) is 0 Å². The molecule has 8 heteroatoms. The number of carbonyl (C=O) groups is 3. The normalized spacial score (nSPS) is 12.9. The van der Waals surface area contributed by atoms with E-state index < -0.39 is 11.8 Å². The molecule has 146 valence electrons. The lowest BCUT2D eigenvalue weighted by Crippen LogP contribution is -2.29. The second-order valence-corrected chi connectivity index (χ2v) is 7.71. The topological polar surface area (TPSA) is 92.3 Å². The zero-order chi connectivity index (χ0) is 20.4. The largest absolute Gasteiger partial charge is 0.296 e. The van der Waals surface area contributed by atoms with Gasteiger partial charge in [0.2, 0.25) is 5.13 Å². The quantitative estimate of drug-likeness (QED) is 0.632. The van der Waals surface area contributed by atoms with Gasteiger partial charge in [-0.1, -0.05) is 48.6 Å². The minimum absolute atomic E-state index is 0.194. The first-order valence-electron chi connectivity index (χ1n) is 9.24. The molecule has 0 unspecified atom stereocenters. The van der Waals surface area contributed by atoms with E-state index in [-0.39, 0.29) is 18.0 Å². The molecule has 0 atom stereocenters.